The first kappa shape index (κ1) is 18.6. The predicted molar refractivity (Wildman–Crippen MR) is 97.9 cm³/mol. The lowest BCUT2D eigenvalue weighted by Gasteiger charge is -2.13. The third-order valence-corrected chi connectivity index (χ3v) is 4.25. The van der Waals surface area contributed by atoms with Crippen LogP contribution < -0.4 is 10.5 Å². The summed E-state index contributed by atoms with van der Waals surface area (Å²) in [7, 11) is 1.61. The van der Waals surface area contributed by atoms with Gasteiger partial charge in [0.1, 0.15) is 17.3 Å². The molecule has 3 aromatic rings. The van der Waals surface area contributed by atoms with Crippen molar-refractivity contribution in [3.8, 4) is 5.75 Å². The normalized spacial score (nSPS) is 11.9. The van der Waals surface area contributed by atoms with Crippen molar-refractivity contribution in [3.05, 3.63) is 71.3 Å². The second kappa shape index (κ2) is 8.44. The SMILES string of the molecule is COc1ccc(C[C@H](CC(=O)Cc2ccc(F)cc2)c2noc(N)n2)cc1. The number of hydrogen-bond donors (Lipinski definition) is 1. The molecule has 0 bridgehead atoms. The lowest BCUT2D eigenvalue weighted by molar-refractivity contribution is -0.118. The fraction of sp³-hybridized carbons (Fsp3) is 0.250. The number of nitrogens with two attached hydrogens (primary N) is 1. The summed E-state index contributed by atoms with van der Waals surface area (Å²) in [4.78, 5) is 16.6. The number of ether oxygens (including phenoxy) is 1. The van der Waals surface area contributed by atoms with Gasteiger partial charge in [0.25, 0.3) is 0 Å². The topological polar surface area (TPSA) is 91.2 Å². The molecular formula is C20H20FN3O3. The number of methoxy groups -OCH3 is 1. The standard InChI is InChI=1S/C20H20FN3O3/c1-26-18-8-4-13(5-9-18)10-15(19-23-20(22)27-24-19)12-17(25)11-14-2-6-16(21)7-3-14/h2-9,15H,10-12H2,1H3,(H2,22,23,24)/t15-/m1/s1. The van der Waals surface area contributed by atoms with Crippen LogP contribution in [0.5, 0.6) is 5.75 Å². The third-order valence-electron chi connectivity index (χ3n) is 4.25. The highest BCUT2D eigenvalue weighted by atomic mass is 19.1. The number of ketones is 1. The molecule has 1 atom stereocenters. The molecule has 140 valence electrons. The summed E-state index contributed by atoms with van der Waals surface area (Å²) in [6.45, 7) is 0. The van der Waals surface area contributed by atoms with Gasteiger partial charge in [0, 0.05) is 18.8 Å². The molecule has 0 unspecified atom stereocenters. The van der Waals surface area contributed by atoms with Crippen LogP contribution in [0.15, 0.2) is 53.1 Å². The van der Waals surface area contributed by atoms with Gasteiger partial charge in [-0.05, 0) is 41.8 Å². The van der Waals surface area contributed by atoms with Crippen LogP contribution in [0.2, 0.25) is 0 Å². The molecule has 1 aromatic heterocycles. The van der Waals surface area contributed by atoms with Crippen LogP contribution in [0.1, 0.15) is 29.3 Å². The Hall–Kier alpha value is -3.22. The van der Waals surface area contributed by atoms with Crippen LogP contribution in [0.25, 0.3) is 0 Å². The van der Waals surface area contributed by atoms with Gasteiger partial charge in [-0.3, -0.25) is 4.79 Å². The molecule has 7 heteroatoms. The van der Waals surface area contributed by atoms with Gasteiger partial charge in [-0.15, -0.1) is 0 Å². The van der Waals surface area contributed by atoms with E-state index in [2.05, 4.69) is 10.1 Å². The first-order chi connectivity index (χ1) is 13.0. The maximum atomic E-state index is 13.0. The van der Waals surface area contributed by atoms with Crippen LogP contribution in [-0.4, -0.2) is 23.0 Å². The minimum absolute atomic E-state index is 0.00323. The molecule has 27 heavy (non-hydrogen) atoms. The molecular weight excluding hydrogens is 349 g/mol. The smallest absolute Gasteiger partial charge is 0.318 e. The molecule has 6 nitrogen and oxygen atoms in total. The van der Waals surface area contributed by atoms with Crippen molar-refractivity contribution in [2.45, 2.75) is 25.2 Å². The Morgan fingerprint density at radius 1 is 1.15 bits per heavy atom. The van der Waals surface area contributed by atoms with Crippen molar-refractivity contribution in [2.24, 2.45) is 0 Å². The molecule has 2 aromatic carbocycles. The van der Waals surface area contributed by atoms with Gasteiger partial charge < -0.3 is 15.0 Å². The Kier molecular flexibility index (Phi) is 5.80. The second-order valence-electron chi connectivity index (χ2n) is 6.29. The van der Waals surface area contributed by atoms with Gasteiger partial charge in [0.15, 0.2) is 5.82 Å². The van der Waals surface area contributed by atoms with E-state index in [0.29, 0.717) is 12.2 Å². The van der Waals surface area contributed by atoms with Crippen LogP contribution in [-0.2, 0) is 17.6 Å². The summed E-state index contributed by atoms with van der Waals surface area (Å²) >= 11 is 0. The molecule has 0 aliphatic carbocycles. The molecule has 0 aliphatic heterocycles. The molecule has 0 amide bonds. The maximum Gasteiger partial charge on any atom is 0.318 e. The van der Waals surface area contributed by atoms with Crippen molar-refractivity contribution in [3.63, 3.8) is 0 Å². The summed E-state index contributed by atoms with van der Waals surface area (Å²) in [6, 6.07) is 13.5. The number of Topliss-reactive ketones (excluding diaryl/α,β-unsaturated/α-hetero) is 1. The quantitative estimate of drug-likeness (QED) is 0.655. The molecule has 1 heterocycles. The highest BCUT2D eigenvalue weighted by molar-refractivity contribution is 5.81. The van der Waals surface area contributed by atoms with E-state index in [9.17, 15) is 9.18 Å². The molecule has 0 fully saturated rings. The Balaban J connectivity index is 1.73. The van der Waals surface area contributed by atoms with Crippen LogP contribution in [0.3, 0.4) is 0 Å². The Labute approximate surface area is 156 Å². The van der Waals surface area contributed by atoms with Gasteiger partial charge >= 0.3 is 6.01 Å². The number of nitrogen functional groups attached to an aromatic ring is 1. The number of anilines is 1. The zero-order chi connectivity index (χ0) is 19.2. The molecule has 0 spiro atoms. The molecule has 2 N–H and O–H groups in total. The van der Waals surface area contributed by atoms with Crippen molar-refractivity contribution in [2.75, 3.05) is 12.8 Å². The zero-order valence-electron chi connectivity index (χ0n) is 14.9. The number of halogens is 1. The van der Waals surface area contributed by atoms with Gasteiger partial charge in [-0.2, -0.15) is 4.98 Å². The maximum absolute atomic E-state index is 13.0. The highest BCUT2D eigenvalue weighted by Gasteiger charge is 2.22. The number of benzene rings is 2. The third kappa shape index (κ3) is 5.13. The second-order valence-corrected chi connectivity index (χ2v) is 6.29. The van der Waals surface area contributed by atoms with Crippen LogP contribution >= 0.6 is 0 Å². The van der Waals surface area contributed by atoms with E-state index in [-0.39, 0.29) is 36.4 Å². The highest BCUT2D eigenvalue weighted by Crippen LogP contribution is 2.25. The van der Waals surface area contributed by atoms with Crippen molar-refractivity contribution in [1.82, 2.24) is 10.1 Å². The van der Waals surface area contributed by atoms with Crippen molar-refractivity contribution >= 4 is 11.8 Å². The van der Waals surface area contributed by atoms with Crippen molar-refractivity contribution in [1.29, 1.82) is 0 Å². The van der Waals surface area contributed by atoms with E-state index >= 15 is 0 Å². The largest absolute Gasteiger partial charge is 0.497 e. The Morgan fingerprint density at radius 2 is 1.81 bits per heavy atom. The van der Waals surface area contributed by atoms with E-state index < -0.39 is 0 Å². The molecule has 0 radical (unpaired) electrons. The number of carbonyl (C=O) groups excluding carboxylic acids is 1. The van der Waals surface area contributed by atoms with E-state index in [1.807, 2.05) is 24.3 Å². The monoisotopic (exact) mass is 369 g/mol. The molecule has 0 saturated heterocycles. The minimum Gasteiger partial charge on any atom is -0.497 e. The average molecular weight is 369 g/mol. The summed E-state index contributed by atoms with van der Waals surface area (Å²) in [6.07, 6.45) is 0.993. The summed E-state index contributed by atoms with van der Waals surface area (Å²) in [5.41, 5.74) is 7.31. The lowest BCUT2D eigenvalue weighted by atomic mass is 9.91. The van der Waals surface area contributed by atoms with Crippen LogP contribution in [0.4, 0.5) is 10.4 Å². The first-order valence-electron chi connectivity index (χ1n) is 8.51. The van der Waals surface area contributed by atoms with Gasteiger partial charge in [-0.1, -0.05) is 29.4 Å². The number of hydrogen-bond acceptors (Lipinski definition) is 6. The number of aromatic nitrogens is 2. The Bertz CT molecular complexity index is 892. The van der Waals surface area contributed by atoms with E-state index in [1.54, 1.807) is 19.2 Å². The van der Waals surface area contributed by atoms with Gasteiger partial charge in [0.2, 0.25) is 0 Å². The molecule has 3 rings (SSSR count). The van der Waals surface area contributed by atoms with E-state index in [4.69, 9.17) is 15.0 Å². The van der Waals surface area contributed by atoms with Gasteiger partial charge in [-0.25, -0.2) is 4.39 Å². The Morgan fingerprint density at radius 3 is 2.41 bits per heavy atom. The molecule has 0 saturated carbocycles. The molecule has 0 aliphatic rings. The minimum atomic E-state index is -0.328. The summed E-state index contributed by atoms with van der Waals surface area (Å²) < 4.78 is 23.1. The average Bonchev–Trinajstić information content (AvgIpc) is 3.10. The van der Waals surface area contributed by atoms with E-state index in [0.717, 1.165) is 16.9 Å². The predicted octanol–water partition coefficient (Wildman–Crippen LogP) is 3.33. The fourth-order valence-electron chi connectivity index (χ4n) is 2.89. The summed E-state index contributed by atoms with van der Waals surface area (Å²) in [5.74, 6) is 0.559. The number of rotatable bonds is 8. The first-order valence-corrected chi connectivity index (χ1v) is 8.51. The summed E-state index contributed by atoms with van der Waals surface area (Å²) in [5, 5.41) is 3.88. The number of nitrogens with zero attached hydrogens (tertiary/aromatic N) is 2. The van der Waals surface area contributed by atoms with Gasteiger partial charge in [0.05, 0.1) is 7.11 Å². The zero-order valence-corrected chi connectivity index (χ0v) is 14.9. The lowest BCUT2D eigenvalue weighted by Crippen LogP contribution is -2.13. The fourth-order valence-corrected chi connectivity index (χ4v) is 2.89. The number of carbonyl (C=O) groups is 1. The van der Waals surface area contributed by atoms with E-state index in [1.165, 1.54) is 12.1 Å². The van der Waals surface area contributed by atoms with Crippen LogP contribution in [0, 0.1) is 5.82 Å². The van der Waals surface area contributed by atoms with Crippen molar-refractivity contribution < 1.29 is 18.4 Å².